The third-order valence-corrected chi connectivity index (χ3v) is 4.65. The number of rotatable bonds is 8. The van der Waals surface area contributed by atoms with Gasteiger partial charge in [0.2, 0.25) is 5.91 Å². The monoisotopic (exact) mass is 370 g/mol. The first-order chi connectivity index (χ1) is 13.2. The molecule has 0 atom stereocenters. The number of nitrogens with one attached hydrogen (secondary N) is 2. The smallest absolute Gasteiger partial charge is 0.273 e. The molecular formula is C20H26N4O3. The van der Waals surface area contributed by atoms with Crippen LogP contribution in [0.1, 0.15) is 51.1 Å². The highest BCUT2D eigenvalue weighted by molar-refractivity contribution is 5.76. The van der Waals surface area contributed by atoms with Crippen molar-refractivity contribution >= 4 is 5.91 Å². The van der Waals surface area contributed by atoms with Crippen LogP contribution < -0.4 is 15.6 Å². The van der Waals surface area contributed by atoms with E-state index in [2.05, 4.69) is 20.5 Å². The largest absolute Gasteiger partial charge is 0.494 e. The highest BCUT2D eigenvalue weighted by Crippen LogP contribution is 2.20. The van der Waals surface area contributed by atoms with E-state index in [1.807, 2.05) is 31.2 Å². The lowest BCUT2D eigenvalue weighted by Crippen LogP contribution is -2.33. The predicted octanol–water partition coefficient (Wildman–Crippen LogP) is 2.61. The Balaban J connectivity index is 1.61. The summed E-state index contributed by atoms with van der Waals surface area (Å²) < 4.78 is 5.61. The Hall–Kier alpha value is -2.70. The van der Waals surface area contributed by atoms with Gasteiger partial charge in [-0.3, -0.25) is 9.59 Å². The lowest BCUT2D eigenvalue weighted by Gasteiger charge is -2.11. The summed E-state index contributed by atoms with van der Waals surface area (Å²) >= 11 is 0. The second-order valence-electron chi connectivity index (χ2n) is 6.87. The summed E-state index contributed by atoms with van der Waals surface area (Å²) in [5.41, 5.74) is 0.700. The van der Waals surface area contributed by atoms with Crippen LogP contribution in [0.2, 0.25) is 0 Å². The molecule has 144 valence electrons. The third-order valence-electron chi connectivity index (χ3n) is 4.65. The maximum Gasteiger partial charge on any atom is 0.273 e. The lowest BCUT2D eigenvalue weighted by molar-refractivity contribution is -0.121. The average molecular weight is 370 g/mol. The first kappa shape index (κ1) is 19.1. The van der Waals surface area contributed by atoms with E-state index in [1.54, 1.807) is 0 Å². The summed E-state index contributed by atoms with van der Waals surface area (Å²) in [6, 6.07) is 7.66. The highest BCUT2D eigenvalue weighted by atomic mass is 16.5. The molecule has 1 aromatic carbocycles. The van der Waals surface area contributed by atoms with Gasteiger partial charge >= 0.3 is 0 Å². The highest BCUT2D eigenvalue weighted by Gasteiger charge is 2.17. The van der Waals surface area contributed by atoms with Gasteiger partial charge in [0, 0.05) is 24.4 Å². The van der Waals surface area contributed by atoms with Gasteiger partial charge < -0.3 is 15.0 Å². The third kappa shape index (κ3) is 5.39. The van der Waals surface area contributed by atoms with E-state index in [-0.39, 0.29) is 36.0 Å². The Bertz CT molecular complexity index is 828. The molecule has 3 rings (SSSR count). The molecule has 1 saturated carbocycles. The molecule has 0 unspecified atom stereocenters. The number of aromatic nitrogens is 3. The number of aromatic amines is 1. The van der Waals surface area contributed by atoms with E-state index in [4.69, 9.17) is 4.74 Å². The van der Waals surface area contributed by atoms with Crippen LogP contribution in [0.3, 0.4) is 0 Å². The maximum absolute atomic E-state index is 12.3. The van der Waals surface area contributed by atoms with Crippen LogP contribution >= 0.6 is 0 Å². The van der Waals surface area contributed by atoms with Crippen molar-refractivity contribution in [3.05, 3.63) is 40.3 Å². The number of hydrogen-bond acceptors (Lipinski definition) is 5. The molecule has 0 spiro atoms. The number of nitrogens with zero attached hydrogens (tertiary/aromatic N) is 2. The van der Waals surface area contributed by atoms with Crippen molar-refractivity contribution in [3.8, 4) is 17.1 Å². The first-order valence-corrected chi connectivity index (χ1v) is 9.64. The molecule has 7 nitrogen and oxygen atoms in total. The van der Waals surface area contributed by atoms with Crippen molar-refractivity contribution in [1.82, 2.24) is 20.5 Å². The minimum Gasteiger partial charge on any atom is -0.494 e. The van der Waals surface area contributed by atoms with Crippen molar-refractivity contribution in [1.29, 1.82) is 0 Å². The Labute approximate surface area is 158 Å². The standard InChI is InChI=1S/C20H26N4O3/c1-2-12-27-16-9-5-6-14(13-16)19-22-20(26)17(23-24-19)10-11-18(25)21-15-7-3-4-8-15/h5-6,9,13,15H,2-4,7-8,10-12H2,1H3,(H,21,25)(H,22,24,26). The van der Waals surface area contributed by atoms with Gasteiger partial charge in [0.05, 0.1) is 6.61 Å². The zero-order valence-corrected chi connectivity index (χ0v) is 15.7. The van der Waals surface area contributed by atoms with Crippen LogP contribution in [0, 0.1) is 0 Å². The normalized spacial score (nSPS) is 14.3. The molecule has 1 amide bonds. The minimum atomic E-state index is -0.312. The molecule has 0 aliphatic heterocycles. The summed E-state index contributed by atoms with van der Waals surface area (Å²) in [5.74, 6) is 1.08. The Morgan fingerprint density at radius 2 is 2.11 bits per heavy atom. The molecule has 1 heterocycles. The van der Waals surface area contributed by atoms with Gasteiger partial charge in [-0.05, 0) is 31.4 Å². The molecule has 0 bridgehead atoms. The SMILES string of the molecule is CCCOc1cccc(-c2nnc(CCC(=O)NC3CCCC3)c(=O)[nH]2)c1. The topological polar surface area (TPSA) is 97.0 Å². The van der Waals surface area contributed by atoms with Crippen LogP contribution in [0.4, 0.5) is 0 Å². The number of carbonyl (C=O) groups is 1. The van der Waals surface area contributed by atoms with Gasteiger partial charge in [-0.15, -0.1) is 10.2 Å². The first-order valence-electron chi connectivity index (χ1n) is 9.64. The van der Waals surface area contributed by atoms with Gasteiger partial charge in [-0.1, -0.05) is 31.9 Å². The lowest BCUT2D eigenvalue weighted by atomic mass is 10.2. The second kappa shape index (κ2) is 9.30. The molecule has 0 saturated heterocycles. The van der Waals surface area contributed by atoms with Gasteiger partial charge in [0.1, 0.15) is 11.4 Å². The summed E-state index contributed by atoms with van der Waals surface area (Å²) in [6.45, 7) is 2.67. The molecule has 1 fully saturated rings. The quantitative estimate of drug-likeness (QED) is 0.744. The van der Waals surface area contributed by atoms with Crippen molar-refractivity contribution in [2.24, 2.45) is 0 Å². The Morgan fingerprint density at radius 1 is 1.30 bits per heavy atom. The van der Waals surface area contributed by atoms with Gasteiger partial charge in [0.25, 0.3) is 5.56 Å². The number of carbonyl (C=O) groups excluding carboxylic acids is 1. The Morgan fingerprint density at radius 3 is 2.85 bits per heavy atom. The predicted molar refractivity (Wildman–Crippen MR) is 103 cm³/mol. The van der Waals surface area contributed by atoms with Crippen molar-refractivity contribution < 1.29 is 9.53 Å². The van der Waals surface area contributed by atoms with Crippen molar-refractivity contribution in [2.45, 2.75) is 57.9 Å². The van der Waals surface area contributed by atoms with E-state index < -0.39 is 0 Å². The summed E-state index contributed by atoms with van der Waals surface area (Å²) in [4.78, 5) is 27.1. The van der Waals surface area contributed by atoms with E-state index in [9.17, 15) is 9.59 Å². The van der Waals surface area contributed by atoms with Gasteiger partial charge in [-0.25, -0.2) is 0 Å². The second-order valence-corrected chi connectivity index (χ2v) is 6.87. The molecule has 7 heteroatoms. The number of amides is 1. The maximum atomic E-state index is 12.3. The minimum absolute atomic E-state index is 0.0343. The van der Waals surface area contributed by atoms with Crippen LogP contribution in [-0.2, 0) is 11.2 Å². The molecule has 1 aliphatic carbocycles. The Kier molecular flexibility index (Phi) is 6.57. The number of H-pyrrole nitrogens is 1. The van der Waals surface area contributed by atoms with E-state index in [1.165, 1.54) is 12.8 Å². The summed E-state index contributed by atoms with van der Waals surface area (Å²) in [5, 5.41) is 11.2. The molecule has 1 aliphatic rings. The molecule has 0 radical (unpaired) electrons. The average Bonchev–Trinajstić information content (AvgIpc) is 3.18. The fraction of sp³-hybridized carbons (Fsp3) is 0.500. The van der Waals surface area contributed by atoms with Crippen LogP contribution in [0.25, 0.3) is 11.4 Å². The molecule has 27 heavy (non-hydrogen) atoms. The summed E-state index contributed by atoms with van der Waals surface area (Å²) in [7, 11) is 0. The van der Waals surface area contributed by atoms with Gasteiger partial charge in [0.15, 0.2) is 5.82 Å². The number of hydrogen-bond donors (Lipinski definition) is 2. The molecule has 1 aromatic heterocycles. The van der Waals surface area contributed by atoms with Crippen LogP contribution in [-0.4, -0.2) is 33.7 Å². The zero-order chi connectivity index (χ0) is 19.1. The van der Waals surface area contributed by atoms with E-state index in [0.717, 1.165) is 30.6 Å². The van der Waals surface area contributed by atoms with Crippen molar-refractivity contribution in [3.63, 3.8) is 0 Å². The molecule has 2 N–H and O–H groups in total. The van der Waals surface area contributed by atoms with Gasteiger partial charge in [-0.2, -0.15) is 0 Å². The van der Waals surface area contributed by atoms with Crippen LogP contribution in [0.5, 0.6) is 5.75 Å². The van der Waals surface area contributed by atoms with E-state index in [0.29, 0.717) is 12.4 Å². The fourth-order valence-electron chi connectivity index (χ4n) is 3.21. The van der Waals surface area contributed by atoms with E-state index >= 15 is 0 Å². The van der Waals surface area contributed by atoms with Crippen LogP contribution in [0.15, 0.2) is 29.1 Å². The summed E-state index contributed by atoms with van der Waals surface area (Å²) in [6.07, 6.45) is 5.87. The fourth-order valence-corrected chi connectivity index (χ4v) is 3.21. The molecular weight excluding hydrogens is 344 g/mol. The number of benzene rings is 1. The number of aryl methyl sites for hydroxylation is 1. The van der Waals surface area contributed by atoms with Crippen molar-refractivity contribution in [2.75, 3.05) is 6.61 Å². The number of ether oxygens (including phenoxy) is 1. The zero-order valence-electron chi connectivity index (χ0n) is 15.7. The molecule has 2 aromatic rings.